The first-order valence-corrected chi connectivity index (χ1v) is 13.6. The molecule has 2 aliphatic rings. The van der Waals surface area contributed by atoms with Gasteiger partial charge >= 0.3 is 5.97 Å². The zero-order valence-electron chi connectivity index (χ0n) is 21.8. The Labute approximate surface area is 222 Å². The van der Waals surface area contributed by atoms with E-state index in [4.69, 9.17) is 10.5 Å². The summed E-state index contributed by atoms with van der Waals surface area (Å²) < 4.78 is 5.09. The number of aromatic amines is 1. The molecule has 2 amide bonds. The van der Waals surface area contributed by atoms with Gasteiger partial charge in [0.15, 0.2) is 0 Å². The van der Waals surface area contributed by atoms with Crippen LogP contribution in [0.15, 0.2) is 54.6 Å². The summed E-state index contributed by atoms with van der Waals surface area (Å²) in [5.41, 5.74) is 8.68. The van der Waals surface area contributed by atoms with Gasteiger partial charge in [-0.25, -0.2) is 4.79 Å². The second-order valence-electron chi connectivity index (χ2n) is 10.4. The molecular formula is C30H36N4O4. The van der Waals surface area contributed by atoms with Crippen LogP contribution in [0.5, 0.6) is 0 Å². The van der Waals surface area contributed by atoms with Crippen molar-refractivity contribution in [1.29, 1.82) is 0 Å². The number of ether oxygens (including phenoxy) is 1. The number of nitrogens with zero attached hydrogens (tertiary/aromatic N) is 1. The Balaban J connectivity index is 1.38. The summed E-state index contributed by atoms with van der Waals surface area (Å²) >= 11 is 0. The van der Waals surface area contributed by atoms with Crippen LogP contribution in [-0.2, 0) is 14.3 Å². The lowest BCUT2D eigenvalue weighted by molar-refractivity contribution is -0.141. The molecule has 1 aliphatic carbocycles. The van der Waals surface area contributed by atoms with Crippen LogP contribution in [0.2, 0.25) is 0 Å². The van der Waals surface area contributed by atoms with E-state index in [2.05, 4.69) is 10.3 Å². The Hall–Kier alpha value is -3.65. The van der Waals surface area contributed by atoms with Crippen molar-refractivity contribution in [3.63, 3.8) is 0 Å². The van der Waals surface area contributed by atoms with E-state index >= 15 is 0 Å². The highest BCUT2D eigenvalue weighted by atomic mass is 16.5. The van der Waals surface area contributed by atoms with Gasteiger partial charge in [-0.3, -0.25) is 9.59 Å². The van der Waals surface area contributed by atoms with Crippen LogP contribution in [-0.4, -0.2) is 53.4 Å². The third-order valence-corrected chi connectivity index (χ3v) is 8.09. The van der Waals surface area contributed by atoms with Gasteiger partial charge in [0, 0.05) is 35.0 Å². The van der Waals surface area contributed by atoms with Crippen LogP contribution in [0.1, 0.15) is 61.0 Å². The number of hydrogen-bond donors (Lipinski definition) is 3. The van der Waals surface area contributed by atoms with Crippen molar-refractivity contribution in [2.75, 3.05) is 25.0 Å². The van der Waals surface area contributed by atoms with Gasteiger partial charge in [0.1, 0.15) is 11.7 Å². The normalized spacial score (nSPS) is 23.4. The zero-order chi connectivity index (χ0) is 26.6. The molecule has 8 nitrogen and oxygen atoms in total. The summed E-state index contributed by atoms with van der Waals surface area (Å²) in [5, 5.41) is 3.86. The number of carbonyl (C=O) groups excluding carboxylic acids is 3. The van der Waals surface area contributed by atoms with Gasteiger partial charge in [-0.15, -0.1) is 0 Å². The predicted octanol–water partition coefficient (Wildman–Crippen LogP) is 4.43. The molecule has 2 fully saturated rings. The predicted molar refractivity (Wildman–Crippen MR) is 147 cm³/mol. The SMILES string of the molecule is CCOC(=O)c1cc2cc(NC(=O)C3C(c4ccccc4)CCN3C(=O)[C@H]3CC[C@H](CN)CC3)ccc2[nH]1. The number of anilines is 1. The molecule has 2 unspecified atom stereocenters. The van der Waals surface area contributed by atoms with Gasteiger partial charge in [0.2, 0.25) is 11.8 Å². The second kappa shape index (κ2) is 11.4. The topological polar surface area (TPSA) is 118 Å². The first-order chi connectivity index (χ1) is 18.5. The van der Waals surface area contributed by atoms with E-state index < -0.39 is 12.0 Å². The molecule has 38 heavy (non-hydrogen) atoms. The van der Waals surface area contributed by atoms with Crippen LogP contribution in [0, 0.1) is 11.8 Å². The maximum atomic E-state index is 13.8. The highest BCUT2D eigenvalue weighted by molar-refractivity contribution is 6.01. The number of likely N-dealkylation sites (tertiary alicyclic amines) is 1. The van der Waals surface area contributed by atoms with Crippen LogP contribution < -0.4 is 11.1 Å². The third-order valence-electron chi connectivity index (χ3n) is 8.09. The molecule has 1 saturated heterocycles. The smallest absolute Gasteiger partial charge is 0.354 e. The monoisotopic (exact) mass is 516 g/mol. The lowest BCUT2D eigenvalue weighted by Gasteiger charge is -2.33. The lowest BCUT2D eigenvalue weighted by atomic mass is 9.81. The van der Waals surface area contributed by atoms with Gasteiger partial charge in [-0.2, -0.15) is 0 Å². The number of H-pyrrole nitrogens is 1. The minimum absolute atomic E-state index is 0.0554. The van der Waals surface area contributed by atoms with Crippen molar-refractivity contribution in [1.82, 2.24) is 9.88 Å². The summed E-state index contributed by atoms with van der Waals surface area (Å²) in [6.45, 7) is 3.29. The standard InChI is InChI=1S/C30H36N4O4/c1-2-38-30(37)26-17-22-16-23(12-13-25(22)33-26)32-28(35)27-24(20-6-4-3-5-7-20)14-15-34(27)29(36)21-10-8-19(18-31)9-11-21/h3-7,12-13,16-17,19,21,24,27,33H,2,8-11,14-15,18,31H2,1H3,(H,32,35)/t19-,21-,24?,27?. The molecule has 3 aromatic rings. The average molecular weight is 517 g/mol. The van der Waals surface area contributed by atoms with Crippen LogP contribution in [0.3, 0.4) is 0 Å². The molecule has 2 atom stereocenters. The molecule has 0 radical (unpaired) electrons. The third kappa shape index (κ3) is 5.31. The second-order valence-corrected chi connectivity index (χ2v) is 10.4. The number of amides is 2. The number of benzene rings is 2. The summed E-state index contributed by atoms with van der Waals surface area (Å²) in [6.07, 6.45) is 4.32. The number of aromatic nitrogens is 1. The van der Waals surface area contributed by atoms with E-state index in [-0.39, 0.29) is 23.7 Å². The first-order valence-electron chi connectivity index (χ1n) is 13.6. The molecule has 1 saturated carbocycles. The van der Waals surface area contributed by atoms with Crippen LogP contribution in [0.4, 0.5) is 5.69 Å². The van der Waals surface area contributed by atoms with E-state index in [1.807, 2.05) is 47.4 Å². The minimum Gasteiger partial charge on any atom is -0.461 e. The van der Waals surface area contributed by atoms with Gasteiger partial charge in [-0.05, 0) is 81.3 Å². The maximum Gasteiger partial charge on any atom is 0.354 e. The van der Waals surface area contributed by atoms with Gasteiger partial charge in [0.05, 0.1) is 6.61 Å². The van der Waals surface area contributed by atoms with E-state index in [1.54, 1.807) is 19.1 Å². The van der Waals surface area contributed by atoms with E-state index in [9.17, 15) is 14.4 Å². The fraction of sp³-hybridized carbons (Fsp3) is 0.433. The summed E-state index contributed by atoms with van der Waals surface area (Å²) in [5.74, 6) is -0.172. The van der Waals surface area contributed by atoms with Gasteiger partial charge in [-0.1, -0.05) is 30.3 Å². The lowest BCUT2D eigenvalue weighted by Crippen LogP contribution is -2.48. The highest BCUT2D eigenvalue weighted by Gasteiger charge is 2.44. The largest absolute Gasteiger partial charge is 0.461 e. The van der Waals surface area contributed by atoms with Crippen molar-refractivity contribution in [3.8, 4) is 0 Å². The Morgan fingerprint density at radius 2 is 1.79 bits per heavy atom. The van der Waals surface area contributed by atoms with Gasteiger partial charge < -0.3 is 25.7 Å². The number of nitrogens with one attached hydrogen (secondary N) is 2. The number of fused-ring (bicyclic) bond motifs is 1. The molecule has 0 bridgehead atoms. The zero-order valence-corrected chi connectivity index (χ0v) is 21.8. The molecule has 1 aliphatic heterocycles. The fourth-order valence-electron chi connectivity index (χ4n) is 6.04. The summed E-state index contributed by atoms with van der Waals surface area (Å²) in [7, 11) is 0. The molecule has 4 N–H and O–H groups in total. The maximum absolute atomic E-state index is 13.8. The average Bonchev–Trinajstić information content (AvgIpc) is 3.58. The van der Waals surface area contributed by atoms with Crippen molar-refractivity contribution in [3.05, 3.63) is 65.9 Å². The number of carbonyl (C=O) groups is 3. The fourth-order valence-corrected chi connectivity index (χ4v) is 6.04. The quantitative estimate of drug-likeness (QED) is 0.402. The minimum atomic E-state index is -0.589. The molecule has 5 rings (SSSR count). The van der Waals surface area contributed by atoms with E-state index in [0.29, 0.717) is 37.0 Å². The van der Waals surface area contributed by atoms with Crippen LogP contribution >= 0.6 is 0 Å². The molecule has 0 spiro atoms. The van der Waals surface area contributed by atoms with Crippen molar-refractivity contribution >= 4 is 34.4 Å². The Bertz CT molecular complexity index is 1300. The van der Waals surface area contributed by atoms with E-state index in [1.165, 1.54) is 0 Å². The Morgan fingerprint density at radius 1 is 1.03 bits per heavy atom. The summed E-state index contributed by atoms with van der Waals surface area (Å²) in [6, 6.07) is 16.6. The number of esters is 1. The number of nitrogens with two attached hydrogens (primary N) is 1. The van der Waals surface area contributed by atoms with Crippen molar-refractivity contribution < 1.29 is 19.1 Å². The van der Waals surface area contributed by atoms with Crippen molar-refractivity contribution in [2.45, 2.75) is 51.0 Å². The number of hydrogen-bond acceptors (Lipinski definition) is 5. The van der Waals surface area contributed by atoms with E-state index in [0.717, 1.165) is 48.6 Å². The highest BCUT2D eigenvalue weighted by Crippen LogP contribution is 2.38. The van der Waals surface area contributed by atoms with Crippen LogP contribution in [0.25, 0.3) is 10.9 Å². The van der Waals surface area contributed by atoms with Gasteiger partial charge in [0.25, 0.3) is 0 Å². The van der Waals surface area contributed by atoms with Crippen molar-refractivity contribution in [2.24, 2.45) is 17.6 Å². The Morgan fingerprint density at radius 3 is 2.50 bits per heavy atom. The molecule has 2 aromatic carbocycles. The molecular weight excluding hydrogens is 480 g/mol. The first kappa shape index (κ1) is 26.0. The molecule has 1 aromatic heterocycles. The molecule has 2 heterocycles. The molecule has 8 heteroatoms. The Kier molecular flexibility index (Phi) is 7.79. The number of rotatable bonds is 7. The summed E-state index contributed by atoms with van der Waals surface area (Å²) in [4.78, 5) is 44.5. The molecule has 200 valence electrons.